The molecule has 2 unspecified atom stereocenters. The van der Waals surface area contributed by atoms with Crippen molar-refractivity contribution in [1.82, 2.24) is 5.32 Å². The lowest BCUT2D eigenvalue weighted by Crippen LogP contribution is -2.52. The molecule has 2 fully saturated rings. The van der Waals surface area contributed by atoms with Gasteiger partial charge >= 0.3 is 0 Å². The molecule has 2 saturated carbocycles. The third-order valence-electron chi connectivity index (χ3n) is 4.47. The van der Waals surface area contributed by atoms with Gasteiger partial charge in [-0.1, -0.05) is 26.7 Å². The highest BCUT2D eigenvalue weighted by Crippen LogP contribution is 2.45. The SMILES string of the molecule is CC1CC(C#N)(C(=O)NC2CCCCC2C)C1. The molecule has 2 aliphatic rings. The van der Waals surface area contributed by atoms with Crippen molar-refractivity contribution in [3.8, 4) is 6.07 Å². The van der Waals surface area contributed by atoms with Crippen molar-refractivity contribution in [2.45, 2.75) is 58.4 Å². The fraction of sp³-hybridized carbons (Fsp3) is 0.857. The number of nitrogens with one attached hydrogen (secondary N) is 1. The highest BCUT2D eigenvalue weighted by Gasteiger charge is 2.49. The zero-order chi connectivity index (χ0) is 12.5. The standard InChI is InChI=1S/C14H22N2O/c1-10-7-14(8-10,9-15)13(17)16-12-6-4-3-5-11(12)2/h10-12H,3-8H2,1-2H3,(H,16,17). The molecule has 0 bridgehead atoms. The van der Waals surface area contributed by atoms with Crippen LogP contribution in [0, 0.1) is 28.6 Å². The van der Waals surface area contributed by atoms with Gasteiger partial charge in [0.15, 0.2) is 0 Å². The van der Waals surface area contributed by atoms with Gasteiger partial charge in [-0.2, -0.15) is 5.26 Å². The van der Waals surface area contributed by atoms with E-state index in [1.807, 2.05) is 0 Å². The van der Waals surface area contributed by atoms with Crippen LogP contribution >= 0.6 is 0 Å². The maximum absolute atomic E-state index is 12.2. The third kappa shape index (κ3) is 2.31. The summed E-state index contributed by atoms with van der Waals surface area (Å²) in [4.78, 5) is 12.2. The first-order valence-corrected chi connectivity index (χ1v) is 6.79. The lowest BCUT2D eigenvalue weighted by atomic mass is 9.63. The summed E-state index contributed by atoms with van der Waals surface area (Å²) in [5, 5.41) is 12.3. The Hall–Kier alpha value is -1.04. The van der Waals surface area contributed by atoms with Crippen molar-refractivity contribution in [3.63, 3.8) is 0 Å². The van der Waals surface area contributed by atoms with E-state index in [1.165, 1.54) is 19.3 Å². The van der Waals surface area contributed by atoms with Crippen LogP contribution in [0.15, 0.2) is 0 Å². The van der Waals surface area contributed by atoms with Gasteiger partial charge in [0.2, 0.25) is 5.91 Å². The number of carbonyl (C=O) groups excluding carboxylic acids is 1. The first-order chi connectivity index (χ1) is 8.07. The summed E-state index contributed by atoms with van der Waals surface area (Å²) in [5.74, 6) is 1.06. The number of amides is 1. The van der Waals surface area contributed by atoms with Gasteiger partial charge in [0.1, 0.15) is 5.41 Å². The quantitative estimate of drug-likeness (QED) is 0.798. The molecular formula is C14H22N2O. The number of carbonyl (C=O) groups is 1. The fourth-order valence-electron chi connectivity index (χ4n) is 3.29. The van der Waals surface area contributed by atoms with Crippen molar-refractivity contribution in [1.29, 1.82) is 5.26 Å². The maximum Gasteiger partial charge on any atom is 0.240 e. The van der Waals surface area contributed by atoms with Crippen LogP contribution in [-0.2, 0) is 4.79 Å². The van der Waals surface area contributed by atoms with E-state index in [0.717, 1.165) is 19.3 Å². The minimum atomic E-state index is -0.712. The van der Waals surface area contributed by atoms with Gasteiger partial charge in [-0.15, -0.1) is 0 Å². The second-order valence-corrected chi connectivity index (χ2v) is 6.05. The van der Waals surface area contributed by atoms with Gasteiger partial charge in [-0.3, -0.25) is 4.79 Å². The maximum atomic E-state index is 12.2. The summed E-state index contributed by atoms with van der Waals surface area (Å²) in [6, 6.07) is 2.53. The van der Waals surface area contributed by atoms with Crippen molar-refractivity contribution >= 4 is 5.91 Å². The van der Waals surface area contributed by atoms with Crippen molar-refractivity contribution in [2.24, 2.45) is 17.3 Å². The number of rotatable bonds is 2. The van der Waals surface area contributed by atoms with Gasteiger partial charge in [-0.05, 0) is 37.5 Å². The Balaban J connectivity index is 1.94. The summed E-state index contributed by atoms with van der Waals surface area (Å²) in [6.07, 6.45) is 6.21. The minimum absolute atomic E-state index is 0.0168. The Kier molecular flexibility index (Phi) is 3.42. The monoisotopic (exact) mass is 234 g/mol. The van der Waals surface area contributed by atoms with E-state index in [0.29, 0.717) is 11.8 Å². The zero-order valence-electron chi connectivity index (χ0n) is 10.8. The van der Waals surface area contributed by atoms with E-state index in [2.05, 4.69) is 25.2 Å². The number of hydrogen-bond acceptors (Lipinski definition) is 2. The Morgan fingerprint density at radius 3 is 2.47 bits per heavy atom. The molecule has 3 heteroatoms. The van der Waals surface area contributed by atoms with Crippen LogP contribution in [0.3, 0.4) is 0 Å². The summed E-state index contributed by atoms with van der Waals surface area (Å²) in [5.41, 5.74) is -0.712. The number of hydrogen-bond donors (Lipinski definition) is 1. The molecule has 94 valence electrons. The van der Waals surface area contributed by atoms with Crippen molar-refractivity contribution in [2.75, 3.05) is 0 Å². The Morgan fingerprint density at radius 2 is 1.94 bits per heavy atom. The lowest BCUT2D eigenvalue weighted by molar-refractivity contribution is -0.135. The summed E-state index contributed by atoms with van der Waals surface area (Å²) in [6.45, 7) is 4.30. The third-order valence-corrected chi connectivity index (χ3v) is 4.47. The van der Waals surface area contributed by atoms with Crippen LogP contribution < -0.4 is 5.32 Å². The minimum Gasteiger partial charge on any atom is -0.352 e. The lowest BCUT2D eigenvalue weighted by Gasteiger charge is -2.41. The molecule has 3 nitrogen and oxygen atoms in total. The molecule has 0 spiro atoms. The first kappa shape index (κ1) is 12.4. The molecule has 1 N–H and O–H groups in total. The van der Waals surface area contributed by atoms with E-state index in [1.54, 1.807) is 0 Å². The molecule has 1 amide bonds. The Bertz CT molecular complexity index is 339. The van der Waals surface area contributed by atoms with Gasteiger partial charge in [0, 0.05) is 6.04 Å². The second kappa shape index (κ2) is 4.68. The van der Waals surface area contributed by atoms with E-state index in [-0.39, 0.29) is 11.9 Å². The van der Waals surface area contributed by atoms with Crippen LogP contribution in [0.1, 0.15) is 52.4 Å². The smallest absolute Gasteiger partial charge is 0.240 e. The average molecular weight is 234 g/mol. The summed E-state index contributed by atoms with van der Waals surface area (Å²) in [7, 11) is 0. The van der Waals surface area contributed by atoms with Gasteiger partial charge in [-0.25, -0.2) is 0 Å². The predicted octanol–water partition coefficient (Wildman–Crippen LogP) is 2.62. The fourth-order valence-corrected chi connectivity index (χ4v) is 3.29. The largest absolute Gasteiger partial charge is 0.352 e. The highest BCUT2D eigenvalue weighted by molar-refractivity contribution is 5.86. The molecule has 0 heterocycles. The number of nitrogens with zero attached hydrogens (tertiary/aromatic N) is 1. The molecule has 2 atom stereocenters. The second-order valence-electron chi connectivity index (χ2n) is 6.05. The zero-order valence-corrected chi connectivity index (χ0v) is 10.8. The van der Waals surface area contributed by atoms with E-state index < -0.39 is 5.41 Å². The molecule has 0 radical (unpaired) electrons. The first-order valence-electron chi connectivity index (χ1n) is 6.79. The topological polar surface area (TPSA) is 52.9 Å². The molecule has 17 heavy (non-hydrogen) atoms. The van der Waals surface area contributed by atoms with Gasteiger partial charge in [0.25, 0.3) is 0 Å². The normalized spacial score (nSPS) is 41.1. The predicted molar refractivity (Wildman–Crippen MR) is 66.0 cm³/mol. The molecule has 2 rings (SSSR count). The molecule has 0 saturated heterocycles. The molecule has 2 aliphatic carbocycles. The molecule has 0 aromatic rings. The number of nitriles is 1. The van der Waals surface area contributed by atoms with E-state index in [4.69, 9.17) is 0 Å². The van der Waals surface area contributed by atoms with Crippen LogP contribution in [0.5, 0.6) is 0 Å². The van der Waals surface area contributed by atoms with Gasteiger partial charge < -0.3 is 5.32 Å². The van der Waals surface area contributed by atoms with Crippen molar-refractivity contribution < 1.29 is 4.79 Å². The van der Waals surface area contributed by atoms with Crippen LogP contribution in [0.4, 0.5) is 0 Å². The summed E-state index contributed by atoms with van der Waals surface area (Å²) < 4.78 is 0. The Morgan fingerprint density at radius 1 is 1.29 bits per heavy atom. The van der Waals surface area contributed by atoms with Crippen LogP contribution in [0.2, 0.25) is 0 Å². The summed E-state index contributed by atoms with van der Waals surface area (Å²) >= 11 is 0. The van der Waals surface area contributed by atoms with Crippen LogP contribution in [0.25, 0.3) is 0 Å². The molecule has 0 aromatic heterocycles. The van der Waals surface area contributed by atoms with E-state index >= 15 is 0 Å². The molecule has 0 aromatic carbocycles. The van der Waals surface area contributed by atoms with Crippen molar-refractivity contribution in [3.05, 3.63) is 0 Å². The highest BCUT2D eigenvalue weighted by atomic mass is 16.2. The average Bonchev–Trinajstić information content (AvgIpc) is 2.27. The molecule has 0 aliphatic heterocycles. The van der Waals surface area contributed by atoms with E-state index in [9.17, 15) is 10.1 Å². The molecular weight excluding hydrogens is 212 g/mol. The van der Waals surface area contributed by atoms with Crippen LogP contribution in [-0.4, -0.2) is 11.9 Å². The Labute approximate surface area is 104 Å². The van der Waals surface area contributed by atoms with Gasteiger partial charge in [0.05, 0.1) is 6.07 Å².